The monoisotopic (exact) mass is 330 g/mol. The van der Waals surface area contributed by atoms with Crippen LogP contribution in [0.4, 0.5) is 0 Å². The van der Waals surface area contributed by atoms with E-state index in [9.17, 15) is 0 Å². The van der Waals surface area contributed by atoms with Crippen molar-refractivity contribution in [3.05, 3.63) is 29.3 Å². The van der Waals surface area contributed by atoms with Crippen molar-refractivity contribution in [2.24, 2.45) is 0 Å². The second kappa shape index (κ2) is 4.12. The third-order valence-electron chi connectivity index (χ3n) is 0.852. The molecule has 0 unspecified atom stereocenters. The smallest absolute Gasteiger partial charge is 0.134 e. The van der Waals surface area contributed by atoms with Gasteiger partial charge < -0.3 is 5.11 Å². The maximum Gasteiger partial charge on any atom is 0.134 e. The van der Waals surface area contributed by atoms with E-state index in [4.69, 9.17) is 16.7 Å². The molecule has 1 N–H and O–H groups in total. The van der Waals surface area contributed by atoms with E-state index in [1.807, 2.05) is 0 Å². The molecule has 0 aromatic heterocycles. The Bertz CT molecular complexity index is 169. The van der Waals surface area contributed by atoms with E-state index in [1.165, 1.54) is 0 Å². The molecule has 0 bridgehead atoms. The Morgan fingerprint density at radius 2 is 1.78 bits per heavy atom. The van der Waals surface area contributed by atoms with Crippen LogP contribution in [0.2, 0.25) is 5.02 Å². The Kier molecular flexibility index (Phi) is 4.24. The molecule has 0 radical (unpaired) electrons. The van der Waals surface area contributed by atoms with E-state index in [2.05, 4.69) is 0 Å². The van der Waals surface area contributed by atoms with Crippen molar-refractivity contribution in [2.45, 2.75) is 0 Å². The molecule has 0 heterocycles. The summed E-state index contributed by atoms with van der Waals surface area (Å²) in [4.78, 5) is 0. The molecule has 0 saturated heterocycles. The molecule has 0 atom stereocenters. The Morgan fingerprint density at radius 3 is 2.11 bits per heavy atom. The van der Waals surface area contributed by atoms with Crippen LogP contribution in [0, 0.1) is 0 Å². The van der Waals surface area contributed by atoms with Crippen LogP contribution in [-0.2, 0) is 27.7 Å². The van der Waals surface area contributed by atoms with Crippen molar-refractivity contribution in [1.29, 1.82) is 0 Å². The molecule has 0 aliphatic rings. The van der Waals surface area contributed by atoms with Crippen LogP contribution in [0.15, 0.2) is 24.3 Å². The van der Waals surface area contributed by atoms with E-state index in [1.54, 1.807) is 24.3 Å². The van der Waals surface area contributed by atoms with Gasteiger partial charge in [0.15, 0.2) is 0 Å². The van der Waals surface area contributed by atoms with Gasteiger partial charge in [-0.2, -0.15) is 0 Å². The van der Waals surface area contributed by atoms with Crippen molar-refractivity contribution < 1.29 is 32.8 Å². The molecule has 0 fully saturated rings. The molecule has 0 aliphatic heterocycles. The molecule has 3 heteroatoms. The van der Waals surface area contributed by atoms with Gasteiger partial charge in [-0.15, -0.1) is 0 Å². The minimum Gasteiger partial charge on any atom is -0.506 e. The fraction of sp³-hybridized carbons (Fsp3) is 0. The summed E-state index contributed by atoms with van der Waals surface area (Å²) in [5.41, 5.74) is 0. The minimum absolute atomic E-state index is 0. The summed E-state index contributed by atoms with van der Waals surface area (Å²) in [5.74, 6) is 0.133. The van der Waals surface area contributed by atoms with Gasteiger partial charge in [-0.05, 0) is 12.1 Å². The van der Waals surface area contributed by atoms with Crippen LogP contribution < -0.4 is 0 Å². The Labute approximate surface area is 79.2 Å². The van der Waals surface area contributed by atoms with E-state index >= 15 is 0 Å². The van der Waals surface area contributed by atoms with E-state index < -0.39 is 0 Å². The normalized spacial score (nSPS) is 8.11. The number of phenolic OH excluding ortho intramolecular Hbond substituents is 1. The number of rotatable bonds is 0. The third kappa shape index (κ3) is 2.54. The average molecular weight is 329 g/mol. The molecular formula is C6H5ClHgO. The van der Waals surface area contributed by atoms with Gasteiger partial charge >= 0.3 is 0 Å². The molecule has 1 aromatic carbocycles. The van der Waals surface area contributed by atoms with Gasteiger partial charge in [-0.1, -0.05) is 23.7 Å². The molecule has 1 nitrogen and oxygen atoms in total. The maximum atomic E-state index is 8.79. The van der Waals surface area contributed by atoms with E-state index in [0.29, 0.717) is 5.02 Å². The largest absolute Gasteiger partial charge is 0.506 e. The molecule has 1 aromatic rings. The third-order valence-corrected chi connectivity index (χ3v) is 1.17. The Morgan fingerprint density at radius 1 is 1.22 bits per heavy atom. The topological polar surface area (TPSA) is 20.2 Å². The number of hydrogen-bond donors (Lipinski definition) is 1. The summed E-state index contributed by atoms with van der Waals surface area (Å²) in [5, 5.41) is 9.18. The van der Waals surface area contributed by atoms with Crippen LogP contribution in [0.25, 0.3) is 0 Å². The van der Waals surface area contributed by atoms with Crippen molar-refractivity contribution in [1.82, 2.24) is 0 Å². The van der Waals surface area contributed by atoms with Crippen LogP contribution in [0.3, 0.4) is 0 Å². The Balaban J connectivity index is 0.000000640. The van der Waals surface area contributed by atoms with Gasteiger partial charge in [-0.25, -0.2) is 0 Å². The number of benzene rings is 1. The second-order valence-corrected chi connectivity index (χ2v) is 1.86. The number of halogens is 1. The van der Waals surface area contributed by atoms with Crippen LogP contribution in [-0.4, -0.2) is 5.11 Å². The quantitative estimate of drug-likeness (QED) is 0.723. The number of aromatic hydroxyl groups is 1. The summed E-state index contributed by atoms with van der Waals surface area (Å²) >= 11 is 5.46. The standard InChI is InChI=1S/C6H5ClO.Hg/c7-5-3-1-2-4-6(5)8;/h1-4,8H;. The van der Waals surface area contributed by atoms with Crippen LogP contribution in [0.1, 0.15) is 0 Å². The zero-order valence-electron chi connectivity index (χ0n) is 4.84. The van der Waals surface area contributed by atoms with Gasteiger partial charge in [0.2, 0.25) is 0 Å². The second-order valence-electron chi connectivity index (χ2n) is 1.45. The summed E-state index contributed by atoms with van der Waals surface area (Å²) in [7, 11) is 0. The first-order chi connectivity index (χ1) is 3.80. The molecule has 0 aliphatic carbocycles. The summed E-state index contributed by atoms with van der Waals surface area (Å²) in [6.45, 7) is 0. The van der Waals surface area contributed by atoms with E-state index in [-0.39, 0.29) is 33.4 Å². The van der Waals surface area contributed by atoms with Crippen LogP contribution in [0.5, 0.6) is 5.75 Å². The summed E-state index contributed by atoms with van der Waals surface area (Å²) < 4.78 is 0. The molecule has 0 saturated carbocycles. The predicted octanol–water partition coefficient (Wildman–Crippen LogP) is 2.04. The SMILES string of the molecule is Oc1ccccc1Cl.[Hg]. The summed E-state index contributed by atoms with van der Waals surface area (Å²) in [6, 6.07) is 6.67. The van der Waals surface area contributed by atoms with Crippen LogP contribution >= 0.6 is 11.6 Å². The molecule has 9 heavy (non-hydrogen) atoms. The molecule has 44 valence electrons. The fourth-order valence-electron chi connectivity index (χ4n) is 0.452. The average Bonchev–Trinajstić information content (AvgIpc) is 1.77. The fourth-order valence-corrected chi connectivity index (χ4v) is 0.587. The zero-order valence-corrected chi connectivity index (χ0v) is 11.1. The Hall–Kier alpha value is 0.245. The number of hydrogen-bond acceptors (Lipinski definition) is 1. The summed E-state index contributed by atoms with van der Waals surface area (Å²) in [6.07, 6.45) is 0. The van der Waals surface area contributed by atoms with Crippen molar-refractivity contribution >= 4 is 11.6 Å². The van der Waals surface area contributed by atoms with Gasteiger partial charge in [0, 0.05) is 27.7 Å². The first kappa shape index (κ1) is 9.25. The van der Waals surface area contributed by atoms with Gasteiger partial charge in [0.25, 0.3) is 0 Å². The predicted molar refractivity (Wildman–Crippen MR) is 33.1 cm³/mol. The van der Waals surface area contributed by atoms with Crippen molar-refractivity contribution in [2.75, 3.05) is 0 Å². The first-order valence-electron chi connectivity index (χ1n) is 2.24. The van der Waals surface area contributed by atoms with Gasteiger partial charge in [0.05, 0.1) is 5.02 Å². The van der Waals surface area contributed by atoms with Gasteiger partial charge in [0.1, 0.15) is 5.75 Å². The molecule has 0 amide bonds. The first-order valence-corrected chi connectivity index (χ1v) is 2.62. The molecule has 1 rings (SSSR count). The maximum absolute atomic E-state index is 8.79. The van der Waals surface area contributed by atoms with Crippen molar-refractivity contribution in [3.63, 3.8) is 0 Å². The number of phenols is 1. The van der Waals surface area contributed by atoms with Gasteiger partial charge in [-0.3, -0.25) is 0 Å². The molecule has 0 spiro atoms. The zero-order chi connectivity index (χ0) is 5.98. The number of para-hydroxylation sites is 1. The molecular weight excluding hydrogens is 324 g/mol. The van der Waals surface area contributed by atoms with Crippen molar-refractivity contribution in [3.8, 4) is 5.75 Å². The van der Waals surface area contributed by atoms with E-state index in [0.717, 1.165) is 0 Å². The minimum atomic E-state index is 0.